The van der Waals surface area contributed by atoms with Gasteiger partial charge in [-0.2, -0.15) is 0 Å². The third kappa shape index (κ3) is 4.35. The molecule has 2 aromatic rings. The van der Waals surface area contributed by atoms with Crippen LogP contribution in [0.25, 0.3) is 0 Å². The zero-order valence-corrected chi connectivity index (χ0v) is 14.3. The molecule has 1 N–H and O–H groups in total. The van der Waals surface area contributed by atoms with Crippen LogP contribution in [0.2, 0.25) is 0 Å². The zero-order chi connectivity index (χ0) is 15.2. The van der Waals surface area contributed by atoms with Gasteiger partial charge in [-0.3, -0.25) is 0 Å². The van der Waals surface area contributed by atoms with Crippen LogP contribution in [0.4, 0.5) is 0 Å². The molecule has 0 spiro atoms. The first-order valence-corrected chi connectivity index (χ1v) is 8.14. The Kier molecular flexibility index (Phi) is 5.88. The van der Waals surface area contributed by atoms with Crippen LogP contribution < -0.4 is 10.1 Å². The summed E-state index contributed by atoms with van der Waals surface area (Å²) in [6.07, 6.45) is 2.95. The summed E-state index contributed by atoms with van der Waals surface area (Å²) in [5.41, 5.74) is 2.27. The predicted octanol–water partition coefficient (Wildman–Crippen LogP) is 4.92. The van der Waals surface area contributed by atoms with Crippen LogP contribution in [0.5, 0.6) is 5.75 Å². The molecule has 2 rings (SSSR count). The molecule has 1 unspecified atom stereocenters. The monoisotopic (exact) mass is 351 g/mol. The van der Waals surface area contributed by atoms with E-state index < -0.39 is 0 Å². The molecule has 3 nitrogen and oxygen atoms in total. The fourth-order valence-corrected chi connectivity index (χ4v) is 2.71. The Balaban J connectivity index is 2.30. The lowest BCUT2D eigenvalue weighted by molar-refractivity contribution is 0.242. The van der Waals surface area contributed by atoms with Crippen molar-refractivity contribution in [1.29, 1.82) is 0 Å². The molecule has 0 amide bonds. The molecule has 1 atom stereocenters. The summed E-state index contributed by atoms with van der Waals surface area (Å²) < 4.78 is 12.0. The minimum atomic E-state index is 0.0915. The maximum atomic E-state index is 5.79. The van der Waals surface area contributed by atoms with E-state index in [0.717, 1.165) is 28.9 Å². The molecular weight excluding hydrogens is 330 g/mol. The highest BCUT2D eigenvalue weighted by Gasteiger charge is 2.18. The Morgan fingerprint density at radius 1 is 1.29 bits per heavy atom. The Bertz CT molecular complexity index is 565. The molecule has 0 saturated carbocycles. The van der Waals surface area contributed by atoms with E-state index in [1.807, 2.05) is 32.0 Å². The minimum Gasteiger partial charge on any atom is -0.491 e. The highest BCUT2D eigenvalue weighted by atomic mass is 79.9. The Hall–Kier alpha value is -1.26. The molecule has 0 aliphatic carbocycles. The van der Waals surface area contributed by atoms with Gasteiger partial charge in [0.25, 0.3) is 0 Å². The lowest BCUT2D eigenvalue weighted by Gasteiger charge is -2.19. The van der Waals surface area contributed by atoms with Crippen molar-refractivity contribution >= 4 is 15.9 Å². The van der Waals surface area contributed by atoms with Gasteiger partial charge in [0, 0.05) is 5.56 Å². The first kappa shape index (κ1) is 16.1. The Morgan fingerprint density at radius 3 is 2.71 bits per heavy atom. The van der Waals surface area contributed by atoms with Gasteiger partial charge >= 0.3 is 0 Å². The van der Waals surface area contributed by atoms with E-state index in [0.29, 0.717) is 0 Å². The molecule has 0 saturated heterocycles. The number of ether oxygens (including phenoxy) is 1. The molecule has 0 aliphatic rings. The maximum absolute atomic E-state index is 5.79. The lowest BCUT2D eigenvalue weighted by Crippen LogP contribution is -2.23. The smallest absolute Gasteiger partial charge is 0.174 e. The summed E-state index contributed by atoms with van der Waals surface area (Å²) in [7, 11) is 0. The van der Waals surface area contributed by atoms with E-state index in [1.165, 1.54) is 5.56 Å². The quantitative estimate of drug-likeness (QED) is 0.768. The molecule has 1 aromatic carbocycles. The van der Waals surface area contributed by atoms with Crippen molar-refractivity contribution in [2.24, 2.45) is 0 Å². The lowest BCUT2D eigenvalue weighted by atomic mass is 10.0. The second-order valence-corrected chi connectivity index (χ2v) is 6.00. The van der Waals surface area contributed by atoms with Crippen LogP contribution in [-0.2, 0) is 0 Å². The van der Waals surface area contributed by atoms with Crippen molar-refractivity contribution in [3.05, 3.63) is 52.4 Å². The SMILES string of the molecule is CCCNC(c1cccc(OC(C)C)c1)c1ccoc1Br. The van der Waals surface area contributed by atoms with Gasteiger partial charge in [0.1, 0.15) is 5.75 Å². The van der Waals surface area contributed by atoms with Crippen LogP contribution in [0.3, 0.4) is 0 Å². The van der Waals surface area contributed by atoms with Crippen LogP contribution in [0.15, 0.2) is 45.7 Å². The van der Waals surface area contributed by atoms with Gasteiger partial charge < -0.3 is 14.5 Å². The summed E-state index contributed by atoms with van der Waals surface area (Å²) >= 11 is 3.48. The molecule has 0 aliphatic heterocycles. The largest absolute Gasteiger partial charge is 0.491 e. The molecule has 0 bridgehead atoms. The van der Waals surface area contributed by atoms with E-state index >= 15 is 0 Å². The summed E-state index contributed by atoms with van der Waals surface area (Å²) in [6, 6.07) is 10.3. The number of furan rings is 1. The fraction of sp³-hybridized carbons (Fsp3) is 0.412. The first-order valence-electron chi connectivity index (χ1n) is 7.34. The van der Waals surface area contributed by atoms with Crippen LogP contribution >= 0.6 is 15.9 Å². The highest BCUT2D eigenvalue weighted by Crippen LogP contribution is 2.31. The highest BCUT2D eigenvalue weighted by molar-refractivity contribution is 9.10. The van der Waals surface area contributed by atoms with Gasteiger partial charge in [-0.1, -0.05) is 19.1 Å². The van der Waals surface area contributed by atoms with Crippen LogP contribution in [-0.4, -0.2) is 12.6 Å². The number of halogens is 1. The summed E-state index contributed by atoms with van der Waals surface area (Å²) in [5.74, 6) is 0.894. The van der Waals surface area contributed by atoms with Gasteiger partial charge in [-0.25, -0.2) is 0 Å². The second-order valence-electron chi connectivity index (χ2n) is 5.28. The average molecular weight is 352 g/mol. The number of hydrogen-bond acceptors (Lipinski definition) is 3. The van der Waals surface area contributed by atoms with Gasteiger partial charge in [0.2, 0.25) is 0 Å². The van der Waals surface area contributed by atoms with E-state index in [-0.39, 0.29) is 12.1 Å². The third-order valence-corrected chi connectivity index (χ3v) is 3.76. The average Bonchev–Trinajstić information content (AvgIpc) is 2.85. The standard InChI is InChI=1S/C17H22BrNO2/c1-4-9-19-16(15-8-10-20-17(15)18)13-6-5-7-14(11-13)21-12(2)3/h5-8,10-12,16,19H,4,9H2,1-3H3. The molecule has 1 aromatic heterocycles. The van der Waals surface area contributed by atoms with E-state index in [1.54, 1.807) is 6.26 Å². The molecular formula is C17H22BrNO2. The van der Waals surface area contributed by atoms with Crippen molar-refractivity contribution in [2.45, 2.75) is 39.3 Å². The van der Waals surface area contributed by atoms with Gasteiger partial charge in [-0.05, 0) is 66.5 Å². The molecule has 114 valence electrons. The minimum absolute atomic E-state index is 0.0915. The molecule has 4 heteroatoms. The Morgan fingerprint density at radius 2 is 2.10 bits per heavy atom. The van der Waals surface area contributed by atoms with Crippen LogP contribution in [0.1, 0.15) is 44.4 Å². The first-order chi connectivity index (χ1) is 10.1. The van der Waals surface area contributed by atoms with Crippen molar-refractivity contribution in [2.75, 3.05) is 6.54 Å². The topological polar surface area (TPSA) is 34.4 Å². The van der Waals surface area contributed by atoms with Crippen molar-refractivity contribution in [3.8, 4) is 5.75 Å². The summed E-state index contributed by atoms with van der Waals surface area (Å²) in [6.45, 7) is 7.17. The molecule has 21 heavy (non-hydrogen) atoms. The molecule has 1 heterocycles. The fourth-order valence-electron chi connectivity index (χ4n) is 2.25. The third-order valence-electron chi connectivity index (χ3n) is 3.12. The van der Waals surface area contributed by atoms with Crippen molar-refractivity contribution < 1.29 is 9.15 Å². The Labute approximate surface area is 134 Å². The van der Waals surface area contributed by atoms with E-state index in [9.17, 15) is 0 Å². The number of nitrogens with one attached hydrogen (secondary N) is 1. The summed E-state index contributed by atoms with van der Waals surface area (Å²) in [4.78, 5) is 0. The zero-order valence-electron chi connectivity index (χ0n) is 12.7. The van der Waals surface area contributed by atoms with E-state index in [2.05, 4.69) is 40.3 Å². The number of rotatable bonds is 7. The normalized spacial score (nSPS) is 12.6. The molecule has 0 fully saturated rings. The van der Waals surface area contributed by atoms with Crippen LogP contribution in [0, 0.1) is 0 Å². The van der Waals surface area contributed by atoms with Crippen molar-refractivity contribution in [1.82, 2.24) is 5.32 Å². The van der Waals surface area contributed by atoms with Crippen molar-refractivity contribution in [3.63, 3.8) is 0 Å². The number of benzene rings is 1. The van der Waals surface area contributed by atoms with Gasteiger partial charge in [0.05, 0.1) is 18.4 Å². The predicted molar refractivity (Wildman–Crippen MR) is 88.8 cm³/mol. The second kappa shape index (κ2) is 7.66. The number of hydrogen-bond donors (Lipinski definition) is 1. The van der Waals surface area contributed by atoms with Gasteiger partial charge in [0.15, 0.2) is 4.67 Å². The summed E-state index contributed by atoms with van der Waals surface area (Å²) in [5, 5.41) is 3.56. The maximum Gasteiger partial charge on any atom is 0.174 e. The van der Waals surface area contributed by atoms with E-state index in [4.69, 9.17) is 9.15 Å². The molecule has 0 radical (unpaired) electrons. The van der Waals surface area contributed by atoms with Gasteiger partial charge in [-0.15, -0.1) is 0 Å².